The number of rotatable bonds is 2. The number of aromatic nitrogens is 1. The Morgan fingerprint density at radius 2 is 1.90 bits per heavy atom. The minimum absolute atomic E-state index is 0.0159. The van der Waals surface area contributed by atoms with E-state index < -0.39 is 39.3 Å². The molecule has 1 aromatic heterocycles. The smallest absolute Gasteiger partial charge is 0.348 e. The lowest BCUT2D eigenvalue weighted by Crippen LogP contribution is -2.45. The first-order valence-electron chi connectivity index (χ1n) is 9.70. The van der Waals surface area contributed by atoms with Crippen molar-refractivity contribution in [3.05, 3.63) is 37.2 Å². The molecule has 12 heteroatoms. The number of fused-ring (bicyclic) bond motifs is 1. The molecular formula is C19H20F3N3O5S. The van der Waals surface area contributed by atoms with Crippen LogP contribution in [0.1, 0.15) is 36.5 Å². The van der Waals surface area contributed by atoms with Crippen LogP contribution in [0.5, 0.6) is 0 Å². The monoisotopic (exact) mass is 459 g/mol. The molecule has 4 rings (SSSR count). The fourth-order valence-corrected chi connectivity index (χ4v) is 5.67. The summed E-state index contributed by atoms with van der Waals surface area (Å²) < 4.78 is 52.3. The third-order valence-electron chi connectivity index (χ3n) is 5.79. The molecule has 0 amide bonds. The summed E-state index contributed by atoms with van der Waals surface area (Å²) in [6.45, 7) is 5.50. The molecule has 0 radical (unpaired) electrons. The van der Waals surface area contributed by atoms with Gasteiger partial charge >= 0.3 is 6.18 Å². The summed E-state index contributed by atoms with van der Waals surface area (Å²) >= 11 is 0.866. The van der Waals surface area contributed by atoms with E-state index in [9.17, 15) is 28.1 Å². The first-order valence-corrected chi connectivity index (χ1v) is 10.5. The highest BCUT2D eigenvalue weighted by Crippen LogP contribution is 2.45. The van der Waals surface area contributed by atoms with Gasteiger partial charge in [-0.1, -0.05) is 11.3 Å². The van der Waals surface area contributed by atoms with Crippen molar-refractivity contribution in [3.63, 3.8) is 0 Å². The second kappa shape index (κ2) is 7.38. The van der Waals surface area contributed by atoms with Gasteiger partial charge in [-0.2, -0.15) is 18.2 Å². The number of nitro benzene ring substituents is 1. The number of piperidine rings is 1. The molecule has 168 valence electrons. The summed E-state index contributed by atoms with van der Waals surface area (Å²) in [4.78, 5) is 29.4. The Balaban J connectivity index is 1.81. The van der Waals surface area contributed by atoms with Crippen molar-refractivity contribution in [3.8, 4) is 0 Å². The summed E-state index contributed by atoms with van der Waals surface area (Å²) in [5.74, 6) is -0.682. The van der Waals surface area contributed by atoms with Gasteiger partial charge in [0.2, 0.25) is 0 Å². The average Bonchev–Trinajstić information content (AvgIpc) is 3.00. The van der Waals surface area contributed by atoms with Crippen molar-refractivity contribution < 1.29 is 27.6 Å². The van der Waals surface area contributed by atoms with Crippen LogP contribution in [0.15, 0.2) is 4.79 Å². The van der Waals surface area contributed by atoms with E-state index in [4.69, 9.17) is 9.47 Å². The lowest BCUT2D eigenvalue weighted by Gasteiger charge is -2.38. The van der Waals surface area contributed by atoms with Gasteiger partial charge in [-0.15, -0.1) is 0 Å². The van der Waals surface area contributed by atoms with Crippen molar-refractivity contribution in [2.24, 2.45) is 0 Å². The maximum atomic E-state index is 13.6. The molecule has 0 N–H and O–H groups in total. The number of hydrogen-bond acceptors (Lipinski definition) is 8. The molecule has 2 fully saturated rings. The molecule has 3 heterocycles. The number of alkyl halides is 3. The molecule has 0 unspecified atom stereocenters. The van der Waals surface area contributed by atoms with E-state index in [1.165, 1.54) is 0 Å². The van der Waals surface area contributed by atoms with Gasteiger partial charge in [0.05, 0.1) is 28.6 Å². The fraction of sp³-hybridized carbons (Fsp3) is 0.579. The van der Waals surface area contributed by atoms with Gasteiger partial charge in [0.25, 0.3) is 11.2 Å². The van der Waals surface area contributed by atoms with Crippen LogP contribution in [0.2, 0.25) is 0 Å². The highest BCUT2D eigenvalue weighted by molar-refractivity contribution is 7.22. The molecule has 1 atom stereocenters. The Bertz CT molecular complexity index is 1130. The van der Waals surface area contributed by atoms with E-state index in [2.05, 4.69) is 4.98 Å². The Morgan fingerprint density at radius 1 is 1.26 bits per heavy atom. The molecule has 2 aliphatic heterocycles. The number of aryl methyl sites for hydroxylation is 1. The van der Waals surface area contributed by atoms with Crippen molar-refractivity contribution >= 4 is 32.2 Å². The zero-order valence-electron chi connectivity index (χ0n) is 17.0. The molecule has 1 spiro atoms. The molecule has 8 nitrogen and oxygen atoms in total. The van der Waals surface area contributed by atoms with Gasteiger partial charge < -0.3 is 14.4 Å². The summed E-state index contributed by atoms with van der Waals surface area (Å²) in [7, 11) is 0. The van der Waals surface area contributed by atoms with Gasteiger partial charge in [0.1, 0.15) is 4.70 Å². The van der Waals surface area contributed by atoms with Crippen LogP contribution >= 0.6 is 11.3 Å². The molecule has 2 aromatic rings. The molecule has 0 saturated carbocycles. The van der Waals surface area contributed by atoms with Crippen LogP contribution < -0.4 is 10.5 Å². The van der Waals surface area contributed by atoms with E-state index in [-0.39, 0.29) is 26.9 Å². The van der Waals surface area contributed by atoms with Crippen LogP contribution in [0.4, 0.5) is 24.0 Å². The molecular weight excluding hydrogens is 439 g/mol. The largest absolute Gasteiger partial charge is 0.417 e. The summed E-state index contributed by atoms with van der Waals surface area (Å²) in [6, 6.07) is 0. The number of ether oxygens (including phenoxy) is 2. The minimum atomic E-state index is -4.83. The normalized spacial score (nSPS) is 21.2. The molecule has 0 aliphatic carbocycles. The van der Waals surface area contributed by atoms with Gasteiger partial charge in [0, 0.05) is 31.5 Å². The minimum Gasteiger partial charge on any atom is -0.348 e. The predicted molar refractivity (Wildman–Crippen MR) is 108 cm³/mol. The Morgan fingerprint density at radius 3 is 2.42 bits per heavy atom. The topological polar surface area (TPSA) is 94.8 Å². The highest BCUT2D eigenvalue weighted by Gasteiger charge is 2.43. The summed E-state index contributed by atoms with van der Waals surface area (Å²) in [5.41, 5.74) is -3.62. The van der Waals surface area contributed by atoms with E-state index in [0.29, 0.717) is 32.5 Å². The standard InChI is InChI=1S/C19H20F3N3O5S/c1-9-8-29-18(30-9)4-6-24(7-5-18)17-23-16(26)12-10(2)13(19(20,21)22)11(3)14(25(27)28)15(12)31-17/h9H,4-8H2,1-3H3/t9-/m0/s1. The molecule has 2 saturated heterocycles. The second-order valence-corrected chi connectivity index (χ2v) is 8.85. The number of nitro groups is 1. The molecule has 2 aliphatic rings. The van der Waals surface area contributed by atoms with Gasteiger partial charge in [0.15, 0.2) is 10.9 Å². The number of anilines is 1. The Labute approximate surface area is 178 Å². The maximum Gasteiger partial charge on any atom is 0.417 e. The first-order chi connectivity index (χ1) is 14.4. The van der Waals surface area contributed by atoms with Gasteiger partial charge in [-0.05, 0) is 26.3 Å². The van der Waals surface area contributed by atoms with Crippen LogP contribution in [-0.4, -0.2) is 41.5 Å². The third-order valence-corrected chi connectivity index (χ3v) is 6.92. The Kier molecular flexibility index (Phi) is 5.22. The number of hydrogen-bond donors (Lipinski definition) is 0. The van der Waals surface area contributed by atoms with Crippen LogP contribution in [0, 0.1) is 24.0 Å². The quantitative estimate of drug-likeness (QED) is 0.496. The number of halogens is 3. The van der Waals surface area contributed by atoms with Crippen LogP contribution in [-0.2, 0) is 15.7 Å². The van der Waals surface area contributed by atoms with E-state index >= 15 is 0 Å². The molecule has 1 aromatic carbocycles. The van der Waals surface area contributed by atoms with E-state index in [0.717, 1.165) is 25.2 Å². The average molecular weight is 459 g/mol. The van der Waals surface area contributed by atoms with Crippen molar-refractivity contribution in [2.75, 3.05) is 24.6 Å². The van der Waals surface area contributed by atoms with Crippen molar-refractivity contribution in [1.29, 1.82) is 0 Å². The second-order valence-electron chi connectivity index (χ2n) is 7.87. The molecule has 0 bridgehead atoms. The number of nitrogens with zero attached hydrogens (tertiary/aromatic N) is 3. The van der Waals surface area contributed by atoms with Gasteiger partial charge in [-0.3, -0.25) is 14.9 Å². The van der Waals surface area contributed by atoms with E-state index in [1.807, 2.05) is 6.92 Å². The lowest BCUT2D eigenvalue weighted by molar-refractivity contribution is -0.383. The SMILES string of the molecule is Cc1c(C(F)(F)F)c(C)c2c(=O)nc(N3CCC4(CC3)OC[C@H](C)O4)sc2c1[N+](=O)[O-]. The zero-order valence-corrected chi connectivity index (χ0v) is 17.9. The fourth-order valence-electron chi connectivity index (χ4n) is 4.38. The maximum absolute atomic E-state index is 13.6. The lowest BCUT2D eigenvalue weighted by atomic mass is 9.97. The summed E-state index contributed by atoms with van der Waals surface area (Å²) in [5, 5.41) is 11.6. The third kappa shape index (κ3) is 3.66. The van der Waals surface area contributed by atoms with Gasteiger partial charge in [-0.25, -0.2) is 0 Å². The van der Waals surface area contributed by atoms with Crippen LogP contribution in [0.25, 0.3) is 10.1 Å². The van der Waals surface area contributed by atoms with Crippen LogP contribution in [0.3, 0.4) is 0 Å². The van der Waals surface area contributed by atoms with E-state index in [1.54, 1.807) is 4.90 Å². The predicted octanol–water partition coefficient (Wildman–Crippen LogP) is 3.93. The van der Waals surface area contributed by atoms with Crippen molar-refractivity contribution in [1.82, 2.24) is 4.98 Å². The highest BCUT2D eigenvalue weighted by atomic mass is 32.1. The first kappa shape index (κ1) is 21.9. The Hall–Kier alpha value is -2.31. The summed E-state index contributed by atoms with van der Waals surface area (Å²) in [6.07, 6.45) is -3.81. The molecule has 31 heavy (non-hydrogen) atoms. The zero-order chi connectivity index (χ0) is 22.7. The van der Waals surface area contributed by atoms with Crippen molar-refractivity contribution in [2.45, 2.75) is 51.7 Å². The number of benzene rings is 1.